The van der Waals surface area contributed by atoms with E-state index in [9.17, 15) is 4.57 Å². The zero-order valence-electron chi connectivity index (χ0n) is 9.36. The summed E-state index contributed by atoms with van der Waals surface area (Å²) in [6, 6.07) is 0. The monoisotopic (exact) mass is 242 g/mol. The van der Waals surface area contributed by atoms with Crippen molar-refractivity contribution in [1.82, 2.24) is 9.34 Å². The smallest absolute Gasteiger partial charge is 0.254 e. The minimum absolute atomic E-state index is 0.664. The first-order chi connectivity index (χ1) is 6.60. The third kappa shape index (κ3) is 2.94. The van der Waals surface area contributed by atoms with Gasteiger partial charge in [0.25, 0.3) is 0 Å². The number of hydrogen-bond donors (Lipinski definition) is 0. The number of halogens is 1. The predicted molar refractivity (Wildman–Crippen MR) is 60.4 cm³/mol. The molecule has 0 aliphatic rings. The molecule has 0 aliphatic heterocycles. The molecule has 0 saturated heterocycles. The second-order valence-electron chi connectivity index (χ2n) is 2.84. The molecule has 0 aromatic carbocycles. The van der Waals surface area contributed by atoms with Crippen LogP contribution in [0.3, 0.4) is 0 Å². The van der Waals surface area contributed by atoms with Crippen molar-refractivity contribution < 1.29 is 8.64 Å². The highest BCUT2D eigenvalue weighted by atomic mass is 35.5. The van der Waals surface area contributed by atoms with Gasteiger partial charge in [0.15, 0.2) is 0 Å². The first kappa shape index (κ1) is 14.4. The first-order valence-corrected chi connectivity index (χ1v) is 6.85. The maximum atomic E-state index is 12.4. The fourth-order valence-electron chi connectivity index (χ4n) is 1.43. The minimum Gasteiger partial charge on any atom is -0.254 e. The second kappa shape index (κ2) is 6.81. The third-order valence-electron chi connectivity index (χ3n) is 2.26. The molecule has 14 heavy (non-hydrogen) atoms. The Hall–Kier alpha value is 0.400. The summed E-state index contributed by atoms with van der Waals surface area (Å²) in [5, 5.41) is 0. The fourth-order valence-corrected chi connectivity index (χ4v) is 3.91. The van der Waals surface area contributed by atoms with E-state index < -0.39 is 7.67 Å². The van der Waals surface area contributed by atoms with E-state index in [1.807, 2.05) is 27.7 Å². The Morgan fingerprint density at radius 2 is 1.29 bits per heavy atom. The summed E-state index contributed by atoms with van der Waals surface area (Å²) in [5.74, 6) is 0. The summed E-state index contributed by atoms with van der Waals surface area (Å²) in [6.07, 6.45) is 0. The van der Waals surface area contributed by atoms with Crippen LogP contribution in [0.2, 0.25) is 0 Å². The van der Waals surface area contributed by atoms with Crippen LogP contribution in [-0.2, 0) is 8.64 Å². The zero-order valence-corrected chi connectivity index (χ0v) is 11.0. The highest BCUT2D eigenvalue weighted by Crippen LogP contribution is 2.54. The van der Waals surface area contributed by atoms with Crippen molar-refractivity contribution in [1.29, 1.82) is 0 Å². The fraction of sp³-hybridized carbons (Fsp3) is 1.00. The van der Waals surface area contributed by atoms with Crippen molar-refractivity contribution in [2.75, 3.05) is 26.2 Å². The van der Waals surface area contributed by atoms with Gasteiger partial charge in [0.1, 0.15) is 0 Å². The number of rotatable bonds is 7. The largest absolute Gasteiger partial charge is 0.362 e. The summed E-state index contributed by atoms with van der Waals surface area (Å²) in [6.45, 7) is 10.4. The van der Waals surface area contributed by atoms with Crippen LogP contribution < -0.4 is 0 Å². The van der Waals surface area contributed by atoms with E-state index in [0.717, 1.165) is 0 Å². The van der Waals surface area contributed by atoms with Gasteiger partial charge in [0.2, 0.25) is 0 Å². The van der Waals surface area contributed by atoms with Gasteiger partial charge >= 0.3 is 7.67 Å². The van der Waals surface area contributed by atoms with Gasteiger partial charge in [-0.2, -0.15) is 4.08 Å². The van der Waals surface area contributed by atoms with Crippen LogP contribution in [-0.4, -0.2) is 35.5 Å². The molecule has 0 radical (unpaired) electrons. The lowest BCUT2D eigenvalue weighted by molar-refractivity contribution is 0.299. The van der Waals surface area contributed by atoms with Crippen molar-refractivity contribution in [3.05, 3.63) is 0 Å². The predicted octanol–water partition coefficient (Wildman–Crippen LogP) is 2.95. The molecular formula is C8H20ClN2O2P. The average Bonchev–Trinajstić information content (AvgIpc) is 2.21. The lowest BCUT2D eigenvalue weighted by Gasteiger charge is -2.33. The SMILES string of the molecule is CCN(CC)P(=O)(OCl)N(CC)CC. The van der Waals surface area contributed by atoms with Gasteiger partial charge in [-0.3, -0.25) is 4.57 Å². The van der Waals surface area contributed by atoms with E-state index in [0.29, 0.717) is 26.2 Å². The molecule has 0 aromatic rings. The minimum atomic E-state index is -2.99. The molecule has 0 bridgehead atoms. The van der Waals surface area contributed by atoms with E-state index >= 15 is 0 Å². The van der Waals surface area contributed by atoms with Gasteiger partial charge in [-0.15, -0.1) is 0 Å². The van der Waals surface area contributed by atoms with Crippen molar-refractivity contribution >= 4 is 19.5 Å². The molecule has 0 heterocycles. The van der Waals surface area contributed by atoms with E-state index in [4.69, 9.17) is 15.9 Å². The van der Waals surface area contributed by atoms with E-state index in [-0.39, 0.29) is 0 Å². The molecule has 0 spiro atoms. The highest BCUT2D eigenvalue weighted by Gasteiger charge is 2.35. The molecule has 86 valence electrons. The van der Waals surface area contributed by atoms with Gasteiger partial charge in [0, 0.05) is 26.2 Å². The van der Waals surface area contributed by atoms with Crippen molar-refractivity contribution in [3.8, 4) is 0 Å². The molecule has 6 heteroatoms. The van der Waals surface area contributed by atoms with Crippen molar-refractivity contribution in [3.63, 3.8) is 0 Å². The summed E-state index contributed by atoms with van der Waals surface area (Å²) in [4.78, 5) is 0. The Morgan fingerprint density at radius 3 is 1.43 bits per heavy atom. The third-order valence-corrected chi connectivity index (χ3v) is 5.55. The maximum absolute atomic E-state index is 12.4. The second-order valence-corrected chi connectivity index (χ2v) is 5.50. The Morgan fingerprint density at radius 1 is 1.00 bits per heavy atom. The molecular weight excluding hydrogens is 223 g/mol. The van der Waals surface area contributed by atoms with Crippen LogP contribution in [0.5, 0.6) is 0 Å². The van der Waals surface area contributed by atoms with Gasteiger partial charge in [-0.1, -0.05) is 27.7 Å². The molecule has 0 saturated carbocycles. The topological polar surface area (TPSA) is 32.8 Å². The molecule has 0 fully saturated rings. The Bertz CT molecular complexity index is 180. The van der Waals surface area contributed by atoms with Gasteiger partial charge in [-0.05, 0) is 0 Å². The van der Waals surface area contributed by atoms with E-state index in [1.165, 1.54) is 0 Å². The van der Waals surface area contributed by atoms with Crippen LogP contribution in [0.4, 0.5) is 0 Å². The van der Waals surface area contributed by atoms with Crippen LogP contribution in [0.1, 0.15) is 27.7 Å². The summed E-state index contributed by atoms with van der Waals surface area (Å²) < 4.78 is 20.6. The van der Waals surface area contributed by atoms with Gasteiger partial charge < -0.3 is 0 Å². The molecule has 0 amide bonds. The van der Waals surface area contributed by atoms with Crippen LogP contribution in [0.25, 0.3) is 0 Å². The first-order valence-electron chi connectivity index (χ1n) is 5.01. The summed E-state index contributed by atoms with van der Waals surface area (Å²) in [5.41, 5.74) is 0. The standard InChI is InChI=1S/C8H20ClN2O2P/c1-5-10(6-2)14(12,13-9)11(7-3)8-4/h5-8H2,1-4H3. The van der Waals surface area contributed by atoms with Crippen molar-refractivity contribution in [2.45, 2.75) is 27.7 Å². The molecule has 0 N–H and O–H groups in total. The summed E-state index contributed by atoms with van der Waals surface area (Å²) >= 11 is 5.37. The molecule has 0 unspecified atom stereocenters. The van der Waals surface area contributed by atoms with Crippen molar-refractivity contribution in [2.24, 2.45) is 0 Å². The Labute approximate surface area is 91.9 Å². The quantitative estimate of drug-likeness (QED) is 0.643. The summed E-state index contributed by atoms with van der Waals surface area (Å²) in [7, 11) is -2.99. The number of nitrogens with zero attached hydrogens (tertiary/aromatic N) is 2. The maximum Gasteiger partial charge on any atom is 0.362 e. The van der Waals surface area contributed by atoms with Crippen LogP contribution in [0.15, 0.2) is 0 Å². The van der Waals surface area contributed by atoms with Gasteiger partial charge in [0.05, 0.1) is 11.9 Å². The molecule has 0 aromatic heterocycles. The number of hydrogen-bond acceptors (Lipinski definition) is 2. The Balaban J connectivity index is 4.83. The van der Waals surface area contributed by atoms with E-state index in [2.05, 4.69) is 0 Å². The molecule has 0 rings (SSSR count). The van der Waals surface area contributed by atoms with E-state index in [1.54, 1.807) is 9.34 Å². The lowest BCUT2D eigenvalue weighted by atomic mass is 10.7. The molecule has 0 aliphatic carbocycles. The Kier molecular flexibility index (Phi) is 7.00. The zero-order chi connectivity index (χ0) is 11.2. The average molecular weight is 243 g/mol. The molecule has 4 nitrogen and oxygen atoms in total. The highest BCUT2D eigenvalue weighted by molar-refractivity contribution is 7.54. The molecule has 0 atom stereocenters. The lowest BCUT2D eigenvalue weighted by Crippen LogP contribution is -2.31. The normalized spacial score (nSPS) is 12.8. The van der Waals surface area contributed by atoms with Gasteiger partial charge in [-0.25, -0.2) is 9.34 Å². The van der Waals surface area contributed by atoms with Crippen LogP contribution >= 0.6 is 19.5 Å². The van der Waals surface area contributed by atoms with Crippen LogP contribution in [0, 0.1) is 0 Å².